The summed E-state index contributed by atoms with van der Waals surface area (Å²) >= 11 is 2.13. The number of carboxylic acid groups (broad SMARTS) is 1. The Hall–Kier alpha value is -1.87. The minimum absolute atomic E-state index is 0.0286. The zero-order chi connectivity index (χ0) is 18.1. The van der Waals surface area contributed by atoms with Crippen LogP contribution in [-0.2, 0) is 4.79 Å². The molecule has 3 N–H and O–H groups in total. The van der Waals surface area contributed by atoms with Crippen molar-refractivity contribution in [3.05, 3.63) is 20.8 Å². The first-order chi connectivity index (χ1) is 11.9. The SMILES string of the molecule is Cc1c(C(=O)O)sc2nc(SCC(N)=O)n(C3CCCCC3)c(=O)c12. The Bertz CT molecular complexity index is 897. The molecule has 1 fully saturated rings. The normalized spacial score (nSPS) is 15.6. The van der Waals surface area contributed by atoms with Crippen molar-refractivity contribution in [1.29, 1.82) is 0 Å². The van der Waals surface area contributed by atoms with Crippen LogP contribution in [0.1, 0.15) is 53.4 Å². The van der Waals surface area contributed by atoms with Crippen molar-refractivity contribution in [1.82, 2.24) is 9.55 Å². The number of nitrogens with zero attached hydrogens (tertiary/aromatic N) is 2. The fourth-order valence-corrected chi connectivity index (χ4v) is 5.15. The van der Waals surface area contributed by atoms with Crippen molar-refractivity contribution in [2.24, 2.45) is 5.73 Å². The average Bonchev–Trinajstić information content (AvgIpc) is 2.91. The maximum Gasteiger partial charge on any atom is 0.346 e. The highest BCUT2D eigenvalue weighted by atomic mass is 32.2. The molecule has 0 radical (unpaired) electrons. The van der Waals surface area contributed by atoms with Gasteiger partial charge in [0.1, 0.15) is 9.71 Å². The van der Waals surface area contributed by atoms with Crippen LogP contribution >= 0.6 is 23.1 Å². The molecule has 1 aliphatic carbocycles. The number of hydrogen-bond acceptors (Lipinski definition) is 6. The van der Waals surface area contributed by atoms with Crippen molar-refractivity contribution in [3.63, 3.8) is 0 Å². The Morgan fingerprint density at radius 2 is 2.04 bits per heavy atom. The van der Waals surface area contributed by atoms with Gasteiger partial charge in [0.05, 0.1) is 11.1 Å². The van der Waals surface area contributed by atoms with Gasteiger partial charge in [0.2, 0.25) is 5.91 Å². The van der Waals surface area contributed by atoms with Crippen LogP contribution < -0.4 is 11.3 Å². The molecule has 0 aliphatic heterocycles. The van der Waals surface area contributed by atoms with Gasteiger partial charge in [-0.1, -0.05) is 31.0 Å². The van der Waals surface area contributed by atoms with Gasteiger partial charge in [-0.05, 0) is 25.3 Å². The molecule has 0 aromatic carbocycles. The molecule has 1 amide bonds. The van der Waals surface area contributed by atoms with Crippen molar-refractivity contribution < 1.29 is 14.7 Å². The summed E-state index contributed by atoms with van der Waals surface area (Å²) in [6.45, 7) is 1.65. The van der Waals surface area contributed by atoms with Gasteiger partial charge in [-0.2, -0.15) is 0 Å². The predicted octanol–water partition coefficient (Wildman–Crippen LogP) is 2.55. The smallest absolute Gasteiger partial charge is 0.346 e. The number of primary amides is 1. The van der Waals surface area contributed by atoms with Gasteiger partial charge in [-0.25, -0.2) is 9.78 Å². The topological polar surface area (TPSA) is 115 Å². The Morgan fingerprint density at radius 3 is 2.64 bits per heavy atom. The van der Waals surface area contributed by atoms with Gasteiger partial charge in [-0.15, -0.1) is 11.3 Å². The summed E-state index contributed by atoms with van der Waals surface area (Å²) in [6.07, 6.45) is 4.99. The van der Waals surface area contributed by atoms with E-state index in [4.69, 9.17) is 5.73 Å². The number of hydrogen-bond donors (Lipinski definition) is 2. The molecule has 1 aliphatic rings. The molecule has 2 aromatic heterocycles. The minimum atomic E-state index is -1.06. The maximum absolute atomic E-state index is 13.2. The molecular weight excluding hydrogens is 362 g/mol. The van der Waals surface area contributed by atoms with Crippen LogP contribution in [0, 0.1) is 6.92 Å². The second-order valence-corrected chi connectivity index (χ2v) is 8.10. The Balaban J connectivity index is 2.21. The molecule has 0 unspecified atom stereocenters. The van der Waals surface area contributed by atoms with E-state index in [2.05, 4.69) is 4.98 Å². The lowest BCUT2D eigenvalue weighted by Gasteiger charge is -2.25. The standard InChI is InChI=1S/C16H19N3O4S2/c1-8-11-13(25-12(8)15(22)23)18-16(24-7-10(17)20)19(14(11)21)9-5-3-2-4-6-9/h9H,2-7H2,1H3,(H2,17,20)(H,22,23). The highest BCUT2D eigenvalue weighted by Crippen LogP contribution is 2.34. The number of rotatable bonds is 5. The third-order valence-electron chi connectivity index (χ3n) is 4.44. The van der Waals surface area contributed by atoms with E-state index < -0.39 is 11.9 Å². The van der Waals surface area contributed by atoms with Crippen LogP contribution in [0.4, 0.5) is 0 Å². The van der Waals surface area contributed by atoms with E-state index >= 15 is 0 Å². The fourth-order valence-electron chi connectivity index (χ4n) is 3.28. The number of aromatic nitrogens is 2. The van der Waals surface area contributed by atoms with Gasteiger partial charge >= 0.3 is 5.97 Å². The lowest BCUT2D eigenvalue weighted by atomic mass is 9.95. The number of aromatic carboxylic acids is 1. The van der Waals surface area contributed by atoms with E-state index in [-0.39, 0.29) is 22.2 Å². The number of aryl methyl sites for hydroxylation is 1. The number of fused-ring (bicyclic) bond motifs is 1. The summed E-state index contributed by atoms with van der Waals surface area (Å²) < 4.78 is 1.65. The Morgan fingerprint density at radius 1 is 1.36 bits per heavy atom. The molecule has 9 heteroatoms. The summed E-state index contributed by atoms with van der Waals surface area (Å²) in [4.78, 5) is 40.8. The lowest BCUT2D eigenvalue weighted by molar-refractivity contribution is -0.115. The summed E-state index contributed by atoms with van der Waals surface area (Å²) in [7, 11) is 0. The van der Waals surface area contributed by atoms with Crippen LogP contribution in [0.25, 0.3) is 10.2 Å². The highest BCUT2D eigenvalue weighted by Gasteiger charge is 2.25. The molecule has 2 heterocycles. The summed E-state index contributed by atoms with van der Waals surface area (Å²) in [6, 6.07) is 0.0288. The highest BCUT2D eigenvalue weighted by molar-refractivity contribution is 7.99. The molecule has 0 bridgehead atoms. The van der Waals surface area contributed by atoms with E-state index in [1.54, 1.807) is 11.5 Å². The van der Waals surface area contributed by atoms with Crippen LogP contribution in [0.5, 0.6) is 0 Å². The zero-order valence-electron chi connectivity index (χ0n) is 13.8. The first-order valence-electron chi connectivity index (χ1n) is 8.10. The molecule has 0 saturated heterocycles. The molecule has 3 rings (SSSR count). The number of thiophene rings is 1. The monoisotopic (exact) mass is 381 g/mol. The summed E-state index contributed by atoms with van der Waals surface area (Å²) in [5.74, 6) is -1.51. The summed E-state index contributed by atoms with van der Waals surface area (Å²) in [5, 5.41) is 10.1. The zero-order valence-corrected chi connectivity index (χ0v) is 15.4. The molecule has 2 aromatic rings. The van der Waals surface area contributed by atoms with Crippen molar-refractivity contribution in [3.8, 4) is 0 Å². The minimum Gasteiger partial charge on any atom is -0.477 e. The number of carbonyl (C=O) groups excluding carboxylic acids is 1. The molecule has 7 nitrogen and oxygen atoms in total. The van der Waals surface area contributed by atoms with Gasteiger partial charge in [0.15, 0.2) is 5.16 Å². The van der Waals surface area contributed by atoms with E-state index in [1.165, 1.54) is 0 Å². The Labute approximate surface area is 152 Å². The maximum atomic E-state index is 13.2. The largest absolute Gasteiger partial charge is 0.477 e. The number of amides is 1. The van der Waals surface area contributed by atoms with E-state index in [0.717, 1.165) is 55.2 Å². The molecule has 0 atom stereocenters. The third kappa shape index (κ3) is 3.43. The number of thioether (sulfide) groups is 1. The quantitative estimate of drug-likeness (QED) is 0.607. The van der Waals surface area contributed by atoms with Crippen molar-refractivity contribution >= 4 is 45.2 Å². The molecule has 25 heavy (non-hydrogen) atoms. The third-order valence-corrected chi connectivity index (χ3v) is 6.59. The molecule has 1 saturated carbocycles. The van der Waals surface area contributed by atoms with Crippen LogP contribution in [0.2, 0.25) is 0 Å². The second-order valence-electron chi connectivity index (χ2n) is 6.16. The molecule has 0 spiro atoms. The second kappa shape index (κ2) is 7.17. The first-order valence-corrected chi connectivity index (χ1v) is 9.90. The van der Waals surface area contributed by atoms with Crippen molar-refractivity contribution in [2.45, 2.75) is 50.2 Å². The van der Waals surface area contributed by atoms with Gasteiger partial charge < -0.3 is 10.8 Å². The van der Waals surface area contributed by atoms with Gasteiger partial charge in [-0.3, -0.25) is 14.2 Å². The average molecular weight is 381 g/mol. The fraction of sp³-hybridized carbons (Fsp3) is 0.500. The van der Waals surface area contributed by atoms with E-state index in [9.17, 15) is 19.5 Å². The lowest BCUT2D eigenvalue weighted by Crippen LogP contribution is -2.29. The number of nitrogens with two attached hydrogens (primary N) is 1. The van der Waals surface area contributed by atoms with E-state index in [1.807, 2.05) is 0 Å². The van der Waals surface area contributed by atoms with Gasteiger partial charge in [0.25, 0.3) is 5.56 Å². The van der Waals surface area contributed by atoms with Crippen LogP contribution in [0.3, 0.4) is 0 Å². The predicted molar refractivity (Wildman–Crippen MR) is 97.6 cm³/mol. The molecule has 134 valence electrons. The first kappa shape index (κ1) is 17.9. The van der Waals surface area contributed by atoms with Gasteiger partial charge in [0, 0.05) is 6.04 Å². The van der Waals surface area contributed by atoms with Crippen molar-refractivity contribution in [2.75, 3.05) is 5.75 Å². The Kier molecular flexibility index (Phi) is 5.14. The van der Waals surface area contributed by atoms with E-state index in [0.29, 0.717) is 20.9 Å². The number of carboxylic acids is 1. The molecular formula is C16H19N3O4S2. The van der Waals surface area contributed by atoms with Crippen LogP contribution in [-0.4, -0.2) is 32.3 Å². The number of carbonyl (C=O) groups is 2. The van der Waals surface area contributed by atoms with Crippen LogP contribution in [0.15, 0.2) is 9.95 Å². The summed E-state index contributed by atoms with van der Waals surface area (Å²) in [5.41, 5.74) is 5.48.